The maximum Gasteiger partial charge on any atom is 0.191 e. The van der Waals surface area contributed by atoms with Crippen LogP contribution in [-0.2, 0) is 17.9 Å². The van der Waals surface area contributed by atoms with Crippen molar-refractivity contribution < 1.29 is 14.2 Å². The summed E-state index contributed by atoms with van der Waals surface area (Å²) in [7, 11) is 1.55. The Morgan fingerprint density at radius 1 is 1.23 bits per heavy atom. The summed E-state index contributed by atoms with van der Waals surface area (Å²) in [5.41, 5.74) is 1.53. The van der Waals surface area contributed by atoms with E-state index >= 15 is 0 Å². The molecule has 26 heavy (non-hydrogen) atoms. The molecule has 0 amide bonds. The molecule has 0 saturated carbocycles. The van der Waals surface area contributed by atoms with Crippen LogP contribution in [0, 0.1) is 11.2 Å². The molecule has 0 aliphatic heterocycles. The molecule has 0 unspecified atom stereocenters. The number of hydrogen-bond donors (Lipinski definition) is 3. The molecule has 1 aromatic carbocycles. The predicted octanol–water partition coefficient (Wildman–Crippen LogP) is 3.22. The summed E-state index contributed by atoms with van der Waals surface area (Å²) in [6, 6.07) is 5.00. The Bertz CT molecular complexity index is 560. The lowest BCUT2D eigenvalue weighted by atomic mass is 9.79. The molecule has 1 aromatic rings. The van der Waals surface area contributed by atoms with E-state index < -0.39 is 0 Å². The molecule has 0 spiro atoms. The van der Waals surface area contributed by atoms with E-state index in [1.54, 1.807) is 19.2 Å². The maximum absolute atomic E-state index is 13.7. The molecular weight excluding hydrogens is 333 g/mol. The molecule has 0 heterocycles. The largest absolute Gasteiger partial charge is 0.396 e. The zero-order valence-corrected chi connectivity index (χ0v) is 16.6. The Morgan fingerprint density at radius 3 is 2.54 bits per heavy atom. The first kappa shape index (κ1) is 22.4. The van der Waals surface area contributed by atoms with E-state index in [0.717, 1.165) is 43.9 Å². The SMILES string of the molecule is CCNC(=NCc1ccc(F)c(COC)c1)NCC(CC)(CC)CCO. The first-order valence-electron chi connectivity index (χ1n) is 9.43. The molecule has 0 fully saturated rings. The molecule has 3 N–H and O–H groups in total. The number of benzene rings is 1. The molecule has 0 aromatic heterocycles. The number of halogens is 1. The van der Waals surface area contributed by atoms with Crippen LogP contribution in [0.15, 0.2) is 23.2 Å². The Kier molecular flexibility index (Phi) is 10.2. The molecule has 1 rings (SSSR count). The highest BCUT2D eigenvalue weighted by molar-refractivity contribution is 5.79. The second-order valence-corrected chi connectivity index (χ2v) is 6.59. The quantitative estimate of drug-likeness (QED) is 0.415. The van der Waals surface area contributed by atoms with Crippen molar-refractivity contribution in [1.82, 2.24) is 10.6 Å². The van der Waals surface area contributed by atoms with Crippen molar-refractivity contribution in [2.45, 2.75) is 53.2 Å². The summed E-state index contributed by atoms with van der Waals surface area (Å²) in [5, 5.41) is 16.0. The molecule has 6 heteroatoms. The van der Waals surface area contributed by atoms with E-state index in [-0.39, 0.29) is 24.4 Å². The molecule has 0 bridgehead atoms. The molecule has 0 radical (unpaired) electrons. The van der Waals surface area contributed by atoms with Gasteiger partial charge in [0.15, 0.2) is 5.96 Å². The van der Waals surface area contributed by atoms with Crippen molar-refractivity contribution in [3.63, 3.8) is 0 Å². The van der Waals surface area contributed by atoms with E-state index in [1.165, 1.54) is 6.07 Å². The predicted molar refractivity (Wildman–Crippen MR) is 105 cm³/mol. The van der Waals surface area contributed by atoms with Crippen LogP contribution in [0.1, 0.15) is 51.2 Å². The summed E-state index contributed by atoms with van der Waals surface area (Å²) in [4.78, 5) is 4.62. The zero-order valence-electron chi connectivity index (χ0n) is 16.6. The highest BCUT2D eigenvalue weighted by Crippen LogP contribution is 2.29. The molecule has 0 aliphatic rings. The van der Waals surface area contributed by atoms with E-state index in [9.17, 15) is 9.50 Å². The maximum atomic E-state index is 13.7. The van der Waals surface area contributed by atoms with Crippen LogP contribution in [0.5, 0.6) is 0 Å². The van der Waals surface area contributed by atoms with Crippen molar-refractivity contribution in [2.75, 3.05) is 26.8 Å². The minimum atomic E-state index is -0.260. The van der Waals surface area contributed by atoms with Gasteiger partial charge in [-0.2, -0.15) is 0 Å². The second kappa shape index (κ2) is 11.9. The minimum Gasteiger partial charge on any atom is -0.396 e. The molecule has 0 saturated heterocycles. The van der Waals surface area contributed by atoms with E-state index in [4.69, 9.17) is 4.74 Å². The standard InChI is InChI=1S/C20H34FN3O2/c1-5-20(6-2,10-11-25)15-24-19(22-7-3)23-13-16-8-9-18(21)17(12-16)14-26-4/h8-9,12,25H,5-7,10-11,13-15H2,1-4H3,(H2,22,23,24). The summed E-state index contributed by atoms with van der Waals surface area (Å²) >= 11 is 0. The number of aliphatic hydroxyl groups excluding tert-OH is 1. The van der Waals surface area contributed by atoms with Gasteiger partial charge in [0.05, 0.1) is 13.2 Å². The normalized spacial score (nSPS) is 12.3. The van der Waals surface area contributed by atoms with Gasteiger partial charge in [-0.3, -0.25) is 0 Å². The average molecular weight is 368 g/mol. The number of aliphatic imine (C=N–C) groups is 1. The van der Waals surface area contributed by atoms with E-state index in [1.807, 2.05) is 6.92 Å². The van der Waals surface area contributed by atoms with Gasteiger partial charge in [0.1, 0.15) is 5.82 Å². The summed E-state index contributed by atoms with van der Waals surface area (Å²) in [6.07, 6.45) is 2.76. The lowest BCUT2D eigenvalue weighted by molar-refractivity contribution is 0.169. The number of nitrogens with one attached hydrogen (secondary N) is 2. The van der Waals surface area contributed by atoms with Crippen molar-refractivity contribution in [3.05, 3.63) is 35.1 Å². The lowest BCUT2D eigenvalue weighted by Gasteiger charge is -2.32. The van der Waals surface area contributed by atoms with E-state index in [0.29, 0.717) is 12.1 Å². The number of aliphatic hydroxyl groups is 1. The van der Waals surface area contributed by atoms with Crippen LogP contribution in [0.2, 0.25) is 0 Å². The van der Waals surface area contributed by atoms with Gasteiger partial charge in [0, 0.05) is 32.4 Å². The van der Waals surface area contributed by atoms with Crippen LogP contribution >= 0.6 is 0 Å². The van der Waals surface area contributed by atoms with Crippen molar-refractivity contribution >= 4 is 5.96 Å². The molecule has 148 valence electrons. The van der Waals surface area contributed by atoms with Gasteiger partial charge >= 0.3 is 0 Å². The number of guanidine groups is 1. The van der Waals surface area contributed by atoms with Crippen LogP contribution < -0.4 is 10.6 Å². The fourth-order valence-corrected chi connectivity index (χ4v) is 2.95. The van der Waals surface area contributed by atoms with Gasteiger partial charge in [-0.05, 0) is 49.3 Å². The highest BCUT2D eigenvalue weighted by Gasteiger charge is 2.25. The summed E-state index contributed by atoms with van der Waals surface area (Å²) in [6.45, 7) is 8.74. The third-order valence-corrected chi connectivity index (χ3v) is 4.95. The van der Waals surface area contributed by atoms with E-state index in [2.05, 4.69) is 29.5 Å². The Hall–Kier alpha value is -1.66. The monoisotopic (exact) mass is 367 g/mol. The third kappa shape index (κ3) is 6.92. The first-order valence-corrected chi connectivity index (χ1v) is 9.43. The Balaban J connectivity index is 2.81. The van der Waals surface area contributed by atoms with Crippen LogP contribution in [0.4, 0.5) is 4.39 Å². The molecule has 0 aliphatic carbocycles. The van der Waals surface area contributed by atoms with Crippen LogP contribution in [0.3, 0.4) is 0 Å². The minimum absolute atomic E-state index is 0.0620. The number of rotatable bonds is 11. The van der Waals surface area contributed by atoms with Gasteiger partial charge in [-0.15, -0.1) is 0 Å². The zero-order chi connectivity index (χ0) is 19.4. The van der Waals surface area contributed by atoms with Gasteiger partial charge in [-0.1, -0.05) is 19.9 Å². The fourth-order valence-electron chi connectivity index (χ4n) is 2.95. The van der Waals surface area contributed by atoms with Gasteiger partial charge in [0.25, 0.3) is 0 Å². The number of nitrogens with zero attached hydrogens (tertiary/aromatic N) is 1. The van der Waals surface area contributed by atoms with Gasteiger partial charge in [-0.25, -0.2) is 9.38 Å². The van der Waals surface area contributed by atoms with Crippen molar-refractivity contribution in [2.24, 2.45) is 10.4 Å². The molecular formula is C20H34FN3O2. The fraction of sp³-hybridized carbons (Fsp3) is 0.650. The number of methoxy groups -OCH3 is 1. The average Bonchev–Trinajstić information content (AvgIpc) is 2.65. The van der Waals surface area contributed by atoms with Gasteiger partial charge < -0.3 is 20.5 Å². The van der Waals surface area contributed by atoms with Crippen LogP contribution in [-0.4, -0.2) is 37.9 Å². The smallest absolute Gasteiger partial charge is 0.191 e. The van der Waals surface area contributed by atoms with Crippen LogP contribution in [0.25, 0.3) is 0 Å². The Labute approximate surface area is 157 Å². The molecule has 5 nitrogen and oxygen atoms in total. The Morgan fingerprint density at radius 2 is 1.96 bits per heavy atom. The second-order valence-electron chi connectivity index (χ2n) is 6.59. The molecule has 0 atom stereocenters. The lowest BCUT2D eigenvalue weighted by Crippen LogP contribution is -2.43. The topological polar surface area (TPSA) is 65.9 Å². The number of hydrogen-bond acceptors (Lipinski definition) is 3. The van der Waals surface area contributed by atoms with Crippen molar-refractivity contribution in [3.8, 4) is 0 Å². The number of ether oxygens (including phenoxy) is 1. The first-order chi connectivity index (χ1) is 12.5. The van der Waals surface area contributed by atoms with Crippen molar-refractivity contribution in [1.29, 1.82) is 0 Å². The van der Waals surface area contributed by atoms with Gasteiger partial charge in [0.2, 0.25) is 0 Å². The third-order valence-electron chi connectivity index (χ3n) is 4.95. The highest BCUT2D eigenvalue weighted by atomic mass is 19.1. The summed E-state index contributed by atoms with van der Waals surface area (Å²) in [5.74, 6) is 0.471. The summed E-state index contributed by atoms with van der Waals surface area (Å²) < 4.78 is 18.7.